The van der Waals surface area contributed by atoms with Crippen LogP contribution in [0.4, 0.5) is 13.2 Å². The summed E-state index contributed by atoms with van der Waals surface area (Å²) in [4.78, 5) is 16.4. The topological polar surface area (TPSA) is 30.0 Å². The smallest absolute Gasteiger partial charge is 0.289 e. The highest BCUT2D eigenvalue weighted by atomic mass is 19.4. The van der Waals surface area contributed by atoms with Gasteiger partial charge in [0.1, 0.15) is 0 Å². The Morgan fingerprint density at radius 1 is 1.10 bits per heavy atom. The summed E-state index contributed by atoms with van der Waals surface area (Å²) in [5.74, 6) is -0.457. The zero-order chi connectivity index (χ0) is 14.9. The Hall–Kier alpha value is -2.17. The van der Waals surface area contributed by atoms with Gasteiger partial charge < -0.3 is 0 Å². The number of alkyl halides is 3. The van der Waals surface area contributed by atoms with Gasteiger partial charge >= 0.3 is 6.18 Å². The lowest BCUT2D eigenvalue weighted by atomic mass is 10.00. The predicted octanol–water partition coefficient (Wildman–Crippen LogP) is 3.95. The lowest BCUT2D eigenvalue weighted by Crippen LogP contribution is -2.09. The number of aryl methyl sites for hydroxylation is 2. The average molecular weight is 279 g/mol. The molecule has 0 radical (unpaired) electrons. The number of hydrogen-bond acceptors (Lipinski definition) is 2. The Morgan fingerprint density at radius 3 is 2.40 bits per heavy atom. The van der Waals surface area contributed by atoms with Crippen LogP contribution in [0.1, 0.15) is 32.9 Å². The third-order valence-corrected chi connectivity index (χ3v) is 2.92. The van der Waals surface area contributed by atoms with E-state index in [-0.39, 0.29) is 5.56 Å². The van der Waals surface area contributed by atoms with E-state index in [0.29, 0.717) is 11.3 Å². The van der Waals surface area contributed by atoms with Crippen molar-refractivity contribution in [3.05, 3.63) is 64.5 Å². The summed E-state index contributed by atoms with van der Waals surface area (Å²) < 4.78 is 37.9. The second-order valence-electron chi connectivity index (χ2n) is 4.49. The average Bonchev–Trinajstić information content (AvgIpc) is 2.37. The van der Waals surface area contributed by atoms with Crippen LogP contribution in [0, 0.1) is 13.8 Å². The molecule has 0 atom stereocenters. The number of benzene rings is 1. The van der Waals surface area contributed by atoms with Crippen LogP contribution < -0.4 is 0 Å². The van der Waals surface area contributed by atoms with E-state index >= 15 is 0 Å². The zero-order valence-corrected chi connectivity index (χ0v) is 11.0. The van der Waals surface area contributed by atoms with Gasteiger partial charge in [-0.05, 0) is 38.1 Å². The quantitative estimate of drug-likeness (QED) is 0.779. The summed E-state index contributed by atoms with van der Waals surface area (Å²) in [7, 11) is 0. The summed E-state index contributed by atoms with van der Waals surface area (Å²) in [6, 6.07) is 7.65. The van der Waals surface area contributed by atoms with Crippen molar-refractivity contribution in [2.75, 3.05) is 0 Å². The zero-order valence-electron chi connectivity index (χ0n) is 11.0. The van der Waals surface area contributed by atoms with Crippen LogP contribution in [-0.4, -0.2) is 10.8 Å². The minimum Gasteiger partial charge on any atom is -0.289 e. The fraction of sp³-hybridized carbons (Fsp3) is 0.200. The molecule has 0 unspecified atom stereocenters. The molecule has 0 saturated carbocycles. The Morgan fingerprint density at radius 2 is 1.80 bits per heavy atom. The van der Waals surface area contributed by atoms with Gasteiger partial charge in [-0.2, -0.15) is 13.2 Å². The molecule has 20 heavy (non-hydrogen) atoms. The minimum absolute atomic E-state index is 0.00794. The van der Waals surface area contributed by atoms with Gasteiger partial charge in [0.2, 0.25) is 0 Å². The number of aromatic nitrogens is 1. The lowest BCUT2D eigenvalue weighted by Gasteiger charge is -2.09. The van der Waals surface area contributed by atoms with Crippen LogP contribution in [0.15, 0.2) is 36.4 Å². The summed E-state index contributed by atoms with van der Waals surface area (Å²) >= 11 is 0. The highest BCUT2D eigenvalue weighted by molar-refractivity contribution is 6.09. The van der Waals surface area contributed by atoms with E-state index in [1.165, 1.54) is 12.1 Å². The van der Waals surface area contributed by atoms with Gasteiger partial charge in [-0.15, -0.1) is 0 Å². The first-order valence-corrected chi connectivity index (χ1v) is 5.95. The van der Waals surface area contributed by atoms with Crippen molar-refractivity contribution in [1.82, 2.24) is 4.98 Å². The van der Waals surface area contributed by atoms with Crippen molar-refractivity contribution in [2.45, 2.75) is 20.0 Å². The number of nitrogens with zero attached hydrogens (tertiary/aromatic N) is 1. The van der Waals surface area contributed by atoms with Gasteiger partial charge in [-0.25, -0.2) is 0 Å². The molecule has 0 aliphatic carbocycles. The summed E-state index contributed by atoms with van der Waals surface area (Å²) in [6.07, 6.45) is -4.46. The van der Waals surface area contributed by atoms with E-state index in [4.69, 9.17) is 0 Å². The number of hydrogen-bond donors (Lipinski definition) is 0. The van der Waals surface area contributed by atoms with Crippen LogP contribution in [0.3, 0.4) is 0 Å². The number of rotatable bonds is 2. The molecule has 1 heterocycles. The van der Waals surface area contributed by atoms with Crippen LogP contribution in [0.2, 0.25) is 0 Å². The van der Waals surface area contributed by atoms with Crippen LogP contribution in [-0.2, 0) is 6.18 Å². The molecular formula is C15H12F3NO. The first-order valence-electron chi connectivity index (χ1n) is 5.95. The third-order valence-electron chi connectivity index (χ3n) is 2.92. The van der Waals surface area contributed by atoms with Gasteiger partial charge in [0.05, 0.1) is 5.56 Å². The number of carbonyl (C=O) groups excluding carboxylic acids is 1. The van der Waals surface area contributed by atoms with E-state index in [2.05, 4.69) is 4.98 Å². The van der Waals surface area contributed by atoms with Gasteiger partial charge in [-0.1, -0.05) is 12.1 Å². The fourth-order valence-electron chi connectivity index (χ4n) is 1.92. The number of pyridine rings is 1. The Labute approximate surface area is 114 Å². The van der Waals surface area contributed by atoms with Crippen molar-refractivity contribution >= 4 is 5.78 Å². The first kappa shape index (κ1) is 14.2. The molecule has 0 aliphatic heterocycles. The molecule has 1 aromatic heterocycles. The van der Waals surface area contributed by atoms with E-state index in [1.807, 2.05) is 0 Å². The van der Waals surface area contributed by atoms with Crippen molar-refractivity contribution in [3.63, 3.8) is 0 Å². The number of halogens is 3. The van der Waals surface area contributed by atoms with Crippen LogP contribution in [0.25, 0.3) is 0 Å². The molecule has 0 amide bonds. The molecule has 0 N–H and O–H groups in total. The van der Waals surface area contributed by atoms with E-state index < -0.39 is 17.5 Å². The van der Waals surface area contributed by atoms with Crippen molar-refractivity contribution < 1.29 is 18.0 Å². The lowest BCUT2D eigenvalue weighted by molar-refractivity contribution is -0.137. The van der Waals surface area contributed by atoms with Crippen molar-refractivity contribution in [3.8, 4) is 0 Å². The summed E-state index contributed by atoms with van der Waals surface area (Å²) in [5, 5.41) is 0. The monoisotopic (exact) mass is 279 g/mol. The highest BCUT2D eigenvalue weighted by Crippen LogP contribution is 2.30. The van der Waals surface area contributed by atoms with Crippen molar-refractivity contribution in [1.29, 1.82) is 0 Å². The predicted molar refractivity (Wildman–Crippen MR) is 68.6 cm³/mol. The molecule has 0 bridgehead atoms. The molecule has 0 fully saturated rings. The minimum atomic E-state index is -4.46. The van der Waals surface area contributed by atoms with Gasteiger partial charge in [-0.3, -0.25) is 9.78 Å². The number of ketones is 1. The maximum atomic E-state index is 12.6. The van der Waals surface area contributed by atoms with E-state index in [1.54, 1.807) is 26.0 Å². The SMILES string of the molecule is Cc1ccc(C(=O)c2cccc(C(F)(F)F)c2)c(C)n1. The maximum absolute atomic E-state index is 12.6. The van der Waals surface area contributed by atoms with Gasteiger partial charge in [0, 0.05) is 22.5 Å². The van der Waals surface area contributed by atoms with E-state index in [9.17, 15) is 18.0 Å². The van der Waals surface area contributed by atoms with Crippen molar-refractivity contribution in [2.24, 2.45) is 0 Å². The molecule has 104 valence electrons. The van der Waals surface area contributed by atoms with Crippen LogP contribution >= 0.6 is 0 Å². The fourth-order valence-corrected chi connectivity index (χ4v) is 1.92. The molecule has 5 heteroatoms. The number of carbonyl (C=O) groups is 1. The Kier molecular flexibility index (Phi) is 3.61. The van der Waals surface area contributed by atoms with E-state index in [0.717, 1.165) is 17.8 Å². The molecular weight excluding hydrogens is 267 g/mol. The Bertz CT molecular complexity index is 662. The second kappa shape index (κ2) is 5.07. The molecule has 0 spiro atoms. The largest absolute Gasteiger partial charge is 0.416 e. The second-order valence-corrected chi connectivity index (χ2v) is 4.49. The molecule has 2 nitrogen and oxygen atoms in total. The molecule has 0 aliphatic rings. The maximum Gasteiger partial charge on any atom is 0.416 e. The molecule has 2 aromatic rings. The highest BCUT2D eigenvalue weighted by Gasteiger charge is 2.31. The summed E-state index contributed by atoms with van der Waals surface area (Å²) in [5.41, 5.74) is 0.750. The van der Waals surface area contributed by atoms with Gasteiger partial charge in [0.25, 0.3) is 0 Å². The summed E-state index contributed by atoms with van der Waals surface area (Å²) in [6.45, 7) is 3.44. The molecule has 1 aromatic carbocycles. The molecule has 2 rings (SSSR count). The first-order chi connectivity index (χ1) is 9.29. The van der Waals surface area contributed by atoms with Crippen LogP contribution in [0.5, 0.6) is 0 Å². The molecule has 0 saturated heterocycles. The third kappa shape index (κ3) is 2.87. The Balaban J connectivity index is 2.44. The standard InChI is InChI=1S/C15H12F3NO/c1-9-6-7-13(10(2)19-9)14(20)11-4-3-5-12(8-11)15(16,17)18/h3-8H,1-2H3. The normalized spacial score (nSPS) is 11.4. The van der Waals surface area contributed by atoms with Gasteiger partial charge in [0.15, 0.2) is 5.78 Å².